The number of aromatic nitrogens is 2. The third-order valence-corrected chi connectivity index (χ3v) is 3.52. The Morgan fingerprint density at radius 1 is 1.56 bits per heavy atom. The Hall–Kier alpha value is -1.21. The molecule has 1 saturated heterocycles. The van der Waals surface area contributed by atoms with Crippen molar-refractivity contribution in [3.05, 3.63) is 5.01 Å². The number of amides is 1. The molecular formula is C11H18N4O2S. The van der Waals surface area contributed by atoms with Gasteiger partial charge in [0.2, 0.25) is 10.1 Å². The van der Waals surface area contributed by atoms with Crippen LogP contribution in [0.25, 0.3) is 0 Å². The number of nitrogens with one attached hydrogen (secondary N) is 2. The summed E-state index contributed by atoms with van der Waals surface area (Å²) in [5.41, 5.74) is 0. The third kappa shape index (κ3) is 3.64. The topological polar surface area (TPSA) is 76.1 Å². The summed E-state index contributed by atoms with van der Waals surface area (Å²) in [6, 6.07) is 0.0993. The van der Waals surface area contributed by atoms with Gasteiger partial charge in [-0.3, -0.25) is 4.79 Å². The second-order valence-corrected chi connectivity index (χ2v) is 5.20. The SMILES string of the molecule is CCCNc1nnc(C(=O)NC2CCCOC2)s1. The number of carbonyl (C=O) groups excluding carboxylic acids is 1. The number of ether oxygens (including phenoxy) is 1. The molecule has 6 nitrogen and oxygen atoms in total. The molecule has 1 fully saturated rings. The first-order chi connectivity index (χ1) is 8.79. The molecule has 1 atom stereocenters. The summed E-state index contributed by atoms with van der Waals surface area (Å²) in [7, 11) is 0. The predicted molar refractivity (Wildman–Crippen MR) is 70.0 cm³/mol. The Labute approximate surface area is 110 Å². The van der Waals surface area contributed by atoms with Crippen LogP contribution >= 0.6 is 11.3 Å². The minimum atomic E-state index is -0.160. The zero-order valence-corrected chi connectivity index (χ0v) is 11.3. The van der Waals surface area contributed by atoms with Crippen LogP contribution < -0.4 is 10.6 Å². The molecule has 1 unspecified atom stereocenters. The molecule has 7 heteroatoms. The lowest BCUT2D eigenvalue weighted by atomic mass is 10.1. The van der Waals surface area contributed by atoms with E-state index < -0.39 is 0 Å². The van der Waals surface area contributed by atoms with Crippen LogP contribution in [0, 0.1) is 0 Å². The third-order valence-electron chi connectivity index (χ3n) is 2.64. The van der Waals surface area contributed by atoms with E-state index in [1.54, 1.807) is 0 Å². The predicted octanol–water partition coefficient (Wildman–Crippen LogP) is 1.27. The van der Waals surface area contributed by atoms with Gasteiger partial charge in [-0.25, -0.2) is 0 Å². The van der Waals surface area contributed by atoms with Crippen molar-refractivity contribution in [3.63, 3.8) is 0 Å². The summed E-state index contributed by atoms with van der Waals surface area (Å²) in [6.45, 7) is 4.29. The molecule has 1 amide bonds. The molecule has 2 rings (SSSR count). The molecule has 0 aromatic carbocycles. The van der Waals surface area contributed by atoms with E-state index in [1.165, 1.54) is 11.3 Å². The van der Waals surface area contributed by atoms with Crippen LogP contribution in [0.1, 0.15) is 36.0 Å². The Morgan fingerprint density at radius 3 is 3.17 bits per heavy atom. The van der Waals surface area contributed by atoms with Crippen LogP contribution in [0.5, 0.6) is 0 Å². The fraction of sp³-hybridized carbons (Fsp3) is 0.727. The molecule has 1 aliphatic rings. The highest BCUT2D eigenvalue weighted by molar-refractivity contribution is 7.17. The molecule has 0 spiro atoms. The van der Waals surface area contributed by atoms with Gasteiger partial charge < -0.3 is 15.4 Å². The molecule has 0 aliphatic carbocycles. The minimum absolute atomic E-state index is 0.0993. The molecule has 1 aliphatic heterocycles. The molecule has 0 radical (unpaired) electrons. The fourth-order valence-electron chi connectivity index (χ4n) is 1.72. The lowest BCUT2D eigenvalue weighted by Crippen LogP contribution is -2.40. The van der Waals surface area contributed by atoms with Crippen molar-refractivity contribution in [2.24, 2.45) is 0 Å². The van der Waals surface area contributed by atoms with Crippen molar-refractivity contribution in [1.82, 2.24) is 15.5 Å². The summed E-state index contributed by atoms with van der Waals surface area (Å²) >= 11 is 1.28. The van der Waals surface area contributed by atoms with Gasteiger partial charge in [0.15, 0.2) is 0 Å². The molecular weight excluding hydrogens is 252 g/mol. The highest BCUT2D eigenvalue weighted by Crippen LogP contribution is 2.15. The zero-order valence-electron chi connectivity index (χ0n) is 10.4. The lowest BCUT2D eigenvalue weighted by Gasteiger charge is -2.22. The number of rotatable bonds is 5. The smallest absolute Gasteiger partial charge is 0.282 e. The first-order valence-corrected chi connectivity index (χ1v) is 7.07. The van der Waals surface area contributed by atoms with Crippen molar-refractivity contribution < 1.29 is 9.53 Å². The molecule has 18 heavy (non-hydrogen) atoms. The normalized spacial score (nSPS) is 19.5. The number of carbonyl (C=O) groups is 1. The maximum Gasteiger partial charge on any atom is 0.282 e. The Kier molecular flexibility index (Phi) is 4.89. The molecule has 1 aromatic rings. The monoisotopic (exact) mass is 270 g/mol. The van der Waals surface area contributed by atoms with Crippen LogP contribution in [0.3, 0.4) is 0 Å². The van der Waals surface area contributed by atoms with Crippen LogP contribution in [0.2, 0.25) is 0 Å². The zero-order chi connectivity index (χ0) is 12.8. The van der Waals surface area contributed by atoms with E-state index in [2.05, 4.69) is 27.8 Å². The summed E-state index contributed by atoms with van der Waals surface area (Å²) in [4.78, 5) is 11.9. The Bertz CT molecular complexity index is 390. The van der Waals surface area contributed by atoms with Crippen LogP contribution in [0.15, 0.2) is 0 Å². The van der Waals surface area contributed by atoms with E-state index in [-0.39, 0.29) is 11.9 Å². The van der Waals surface area contributed by atoms with Gasteiger partial charge in [-0.1, -0.05) is 18.3 Å². The number of nitrogens with zero attached hydrogens (tertiary/aromatic N) is 2. The molecule has 2 heterocycles. The van der Waals surface area contributed by atoms with E-state index in [0.29, 0.717) is 16.7 Å². The Balaban J connectivity index is 1.85. The highest BCUT2D eigenvalue weighted by Gasteiger charge is 2.19. The van der Waals surface area contributed by atoms with E-state index in [1.807, 2.05) is 0 Å². The van der Waals surface area contributed by atoms with Crippen LogP contribution in [-0.2, 0) is 4.74 Å². The van der Waals surface area contributed by atoms with E-state index >= 15 is 0 Å². The Morgan fingerprint density at radius 2 is 2.44 bits per heavy atom. The van der Waals surface area contributed by atoms with Crippen LogP contribution in [0.4, 0.5) is 5.13 Å². The van der Waals surface area contributed by atoms with Gasteiger partial charge in [-0.2, -0.15) is 0 Å². The fourth-order valence-corrected chi connectivity index (χ4v) is 2.39. The van der Waals surface area contributed by atoms with Crippen molar-refractivity contribution in [2.75, 3.05) is 25.1 Å². The van der Waals surface area contributed by atoms with Gasteiger partial charge in [0.25, 0.3) is 5.91 Å². The van der Waals surface area contributed by atoms with Crippen molar-refractivity contribution in [2.45, 2.75) is 32.2 Å². The minimum Gasteiger partial charge on any atom is -0.379 e. The van der Waals surface area contributed by atoms with Crippen molar-refractivity contribution >= 4 is 22.4 Å². The number of anilines is 1. The molecule has 1 aromatic heterocycles. The second-order valence-electron chi connectivity index (χ2n) is 4.23. The first kappa shape index (κ1) is 13.2. The van der Waals surface area contributed by atoms with Gasteiger partial charge in [0.1, 0.15) is 0 Å². The van der Waals surface area contributed by atoms with Gasteiger partial charge in [0, 0.05) is 13.2 Å². The average molecular weight is 270 g/mol. The van der Waals surface area contributed by atoms with Gasteiger partial charge in [-0.05, 0) is 19.3 Å². The van der Waals surface area contributed by atoms with Gasteiger partial charge >= 0.3 is 0 Å². The van der Waals surface area contributed by atoms with Crippen molar-refractivity contribution in [1.29, 1.82) is 0 Å². The van der Waals surface area contributed by atoms with Crippen molar-refractivity contribution in [3.8, 4) is 0 Å². The molecule has 0 saturated carbocycles. The van der Waals surface area contributed by atoms with E-state index in [0.717, 1.165) is 32.4 Å². The van der Waals surface area contributed by atoms with Gasteiger partial charge in [-0.15, -0.1) is 10.2 Å². The maximum absolute atomic E-state index is 11.9. The largest absolute Gasteiger partial charge is 0.379 e. The maximum atomic E-state index is 11.9. The van der Waals surface area contributed by atoms with Crippen LogP contribution in [-0.4, -0.2) is 41.9 Å². The highest BCUT2D eigenvalue weighted by atomic mass is 32.1. The van der Waals surface area contributed by atoms with Gasteiger partial charge in [0.05, 0.1) is 12.6 Å². The lowest BCUT2D eigenvalue weighted by molar-refractivity contribution is 0.0623. The summed E-state index contributed by atoms with van der Waals surface area (Å²) in [5, 5.41) is 15.0. The van der Waals surface area contributed by atoms with E-state index in [9.17, 15) is 4.79 Å². The quantitative estimate of drug-likeness (QED) is 0.842. The standard InChI is InChI=1S/C11H18N4O2S/c1-2-5-12-11-15-14-10(18-11)9(16)13-8-4-3-6-17-7-8/h8H,2-7H2,1H3,(H,12,15)(H,13,16). The second kappa shape index (κ2) is 6.65. The summed E-state index contributed by atoms with van der Waals surface area (Å²) in [6.07, 6.45) is 2.97. The molecule has 2 N–H and O–H groups in total. The average Bonchev–Trinajstić information content (AvgIpc) is 2.86. The molecule has 0 bridgehead atoms. The summed E-state index contributed by atoms with van der Waals surface area (Å²) < 4.78 is 5.32. The number of hydrogen-bond acceptors (Lipinski definition) is 6. The molecule has 100 valence electrons. The van der Waals surface area contributed by atoms with E-state index in [4.69, 9.17) is 4.74 Å². The first-order valence-electron chi connectivity index (χ1n) is 6.25. The number of hydrogen-bond donors (Lipinski definition) is 2. The summed E-state index contributed by atoms with van der Waals surface area (Å²) in [5.74, 6) is -0.160.